The fourth-order valence-corrected chi connectivity index (χ4v) is 2.82. The maximum Gasteiger partial charge on any atom is 0.269 e. The van der Waals surface area contributed by atoms with Crippen LogP contribution in [-0.2, 0) is 6.42 Å². The molecule has 0 aromatic heterocycles. The summed E-state index contributed by atoms with van der Waals surface area (Å²) in [6, 6.07) is 14.8. The normalized spacial score (nSPS) is 17.6. The molecule has 4 nitrogen and oxygen atoms in total. The molecule has 4 heteroatoms. The maximum absolute atomic E-state index is 10.7. The van der Waals surface area contributed by atoms with E-state index >= 15 is 0 Å². The average molecular weight is 266 g/mol. The Balaban J connectivity index is 2.01. The summed E-state index contributed by atoms with van der Waals surface area (Å²) in [7, 11) is 0. The zero-order valence-electron chi connectivity index (χ0n) is 10.9. The predicted octanol–water partition coefficient (Wildman–Crippen LogP) is 3.69. The van der Waals surface area contributed by atoms with Gasteiger partial charge in [0.15, 0.2) is 0 Å². The third-order valence-electron chi connectivity index (χ3n) is 3.79. The highest BCUT2D eigenvalue weighted by atomic mass is 16.6. The largest absolute Gasteiger partial charge is 0.309 e. The Bertz CT molecular complexity index is 677. The van der Waals surface area contributed by atoms with E-state index in [4.69, 9.17) is 5.41 Å². The van der Waals surface area contributed by atoms with Crippen LogP contribution in [0.1, 0.15) is 29.0 Å². The lowest BCUT2D eigenvalue weighted by Gasteiger charge is -2.26. The van der Waals surface area contributed by atoms with Gasteiger partial charge in [0.05, 0.1) is 4.92 Å². The van der Waals surface area contributed by atoms with E-state index in [0.29, 0.717) is 18.6 Å². The Morgan fingerprint density at radius 1 is 1.10 bits per heavy atom. The van der Waals surface area contributed by atoms with Gasteiger partial charge in [0.25, 0.3) is 5.69 Å². The van der Waals surface area contributed by atoms with Crippen LogP contribution in [0.3, 0.4) is 0 Å². The molecular weight excluding hydrogens is 252 g/mol. The van der Waals surface area contributed by atoms with Gasteiger partial charge in [-0.3, -0.25) is 10.1 Å². The number of benzene rings is 2. The summed E-state index contributed by atoms with van der Waals surface area (Å²) in [5.41, 5.74) is 4.27. The van der Waals surface area contributed by atoms with Crippen LogP contribution in [0.15, 0.2) is 48.5 Å². The lowest BCUT2D eigenvalue weighted by Crippen LogP contribution is -2.18. The summed E-state index contributed by atoms with van der Waals surface area (Å²) < 4.78 is 0. The fraction of sp³-hybridized carbons (Fsp3) is 0.188. The molecule has 1 N–H and O–H groups in total. The zero-order chi connectivity index (χ0) is 14.1. The van der Waals surface area contributed by atoms with Gasteiger partial charge in [0.1, 0.15) is 0 Å². The summed E-state index contributed by atoms with van der Waals surface area (Å²) in [6.07, 6.45) is 1.40. The van der Waals surface area contributed by atoms with Gasteiger partial charge in [-0.15, -0.1) is 0 Å². The van der Waals surface area contributed by atoms with E-state index < -0.39 is 0 Å². The standard InChI is InChI=1S/C16H14N2O2/c17-13-9-12-3-1-2-4-15(12)16(10-13)11-5-7-14(8-6-11)18(19)20/h1-8,16-17H,9-10H2. The highest BCUT2D eigenvalue weighted by Gasteiger charge is 2.24. The molecule has 0 heterocycles. The molecule has 0 radical (unpaired) electrons. The molecule has 0 saturated heterocycles. The summed E-state index contributed by atoms with van der Waals surface area (Å²) in [4.78, 5) is 10.3. The Kier molecular flexibility index (Phi) is 3.06. The first-order valence-corrected chi connectivity index (χ1v) is 6.53. The molecule has 20 heavy (non-hydrogen) atoms. The Hall–Kier alpha value is -2.49. The first-order chi connectivity index (χ1) is 9.65. The van der Waals surface area contributed by atoms with Crippen LogP contribution in [0.25, 0.3) is 0 Å². The van der Waals surface area contributed by atoms with Crippen molar-refractivity contribution in [2.45, 2.75) is 18.8 Å². The number of nitrogens with zero attached hydrogens (tertiary/aromatic N) is 1. The van der Waals surface area contributed by atoms with Crippen molar-refractivity contribution in [3.8, 4) is 0 Å². The molecule has 2 aromatic carbocycles. The summed E-state index contributed by atoms with van der Waals surface area (Å²) >= 11 is 0. The van der Waals surface area contributed by atoms with Gasteiger partial charge in [-0.2, -0.15) is 0 Å². The van der Waals surface area contributed by atoms with E-state index in [1.165, 1.54) is 23.3 Å². The zero-order valence-corrected chi connectivity index (χ0v) is 10.9. The summed E-state index contributed by atoms with van der Waals surface area (Å²) in [5.74, 6) is 0.133. The number of fused-ring (bicyclic) bond motifs is 1. The quantitative estimate of drug-likeness (QED) is 0.665. The molecule has 2 aromatic rings. The van der Waals surface area contributed by atoms with Crippen LogP contribution in [0, 0.1) is 15.5 Å². The number of hydrogen-bond acceptors (Lipinski definition) is 3. The average Bonchev–Trinajstić information content (AvgIpc) is 2.46. The van der Waals surface area contributed by atoms with Gasteiger partial charge in [-0.1, -0.05) is 36.4 Å². The minimum atomic E-state index is -0.388. The smallest absolute Gasteiger partial charge is 0.269 e. The Morgan fingerprint density at radius 3 is 2.50 bits per heavy atom. The van der Waals surface area contributed by atoms with Crippen LogP contribution in [0.2, 0.25) is 0 Å². The molecule has 0 saturated carbocycles. The monoisotopic (exact) mass is 266 g/mol. The summed E-state index contributed by atoms with van der Waals surface area (Å²) in [5, 5.41) is 18.7. The molecule has 1 atom stereocenters. The third kappa shape index (κ3) is 2.20. The van der Waals surface area contributed by atoms with Crippen LogP contribution < -0.4 is 0 Å². The van der Waals surface area contributed by atoms with Crippen molar-refractivity contribution in [3.05, 3.63) is 75.3 Å². The van der Waals surface area contributed by atoms with Crippen molar-refractivity contribution < 1.29 is 4.92 Å². The number of non-ortho nitro benzene ring substituents is 1. The van der Waals surface area contributed by atoms with E-state index in [-0.39, 0.29) is 16.5 Å². The van der Waals surface area contributed by atoms with Gasteiger partial charge >= 0.3 is 0 Å². The highest BCUT2D eigenvalue weighted by Crippen LogP contribution is 2.35. The molecule has 1 aliphatic rings. The van der Waals surface area contributed by atoms with E-state index in [1.54, 1.807) is 12.1 Å². The number of hydrogen-bond donors (Lipinski definition) is 1. The lowest BCUT2D eigenvalue weighted by molar-refractivity contribution is -0.384. The Morgan fingerprint density at radius 2 is 1.80 bits per heavy atom. The predicted molar refractivity (Wildman–Crippen MR) is 77.4 cm³/mol. The second-order valence-electron chi connectivity index (χ2n) is 5.08. The lowest BCUT2D eigenvalue weighted by atomic mass is 9.78. The SMILES string of the molecule is N=C1Cc2ccccc2C(c2ccc([N+](=O)[O-])cc2)C1. The number of nitro benzene ring substituents is 1. The second-order valence-corrected chi connectivity index (χ2v) is 5.08. The molecule has 3 rings (SSSR count). The van der Waals surface area contributed by atoms with Crippen molar-refractivity contribution in [1.82, 2.24) is 0 Å². The van der Waals surface area contributed by atoms with Crippen molar-refractivity contribution in [2.75, 3.05) is 0 Å². The molecule has 100 valence electrons. The van der Waals surface area contributed by atoms with Gasteiger partial charge < -0.3 is 5.41 Å². The van der Waals surface area contributed by atoms with Crippen molar-refractivity contribution in [1.29, 1.82) is 5.41 Å². The van der Waals surface area contributed by atoms with Crippen LogP contribution in [0.4, 0.5) is 5.69 Å². The van der Waals surface area contributed by atoms with Gasteiger partial charge in [0, 0.05) is 30.2 Å². The topological polar surface area (TPSA) is 67.0 Å². The summed E-state index contributed by atoms with van der Waals surface area (Å²) in [6.45, 7) is 0. The molecule has 0 bridgehead atoms. The van der Waals surface area contributed by atoms with Gasteiger partial charge in [-0.05, 0) is 23.1 Å². The Labute approximate surface area is 116 Å². The minimum Gasteiger partial charge on any atom is -0.309 e. The number of nitro groups is 1. The molecule has 0 spiro atoms. The van der Waals surface area contributed by atoms with Gasteiger partial charge in [0.2, 0.25) is 0 Å². The van der Waals surface area contributed by atoms with Crippen LogP contribution in [0.5, 0.6) is 0 Å². The molecule has 0 amide bonds. The molecule has 1 unspecified atom stereocenters. The second kappa shape index (κ2) is 4.89. The van der Waals surface area contributed by atoms with Crippen LogP contribution >= 0.6 is 0 Å². The highest BCUT2D eigenvalue weighted by molar-refractivity contribution is 5.87. The molecule has 0 fully saturated rings. The van der Waals surface area contributed by atoms with E-state index in [9.17, 15) is 10.1 Å². The van der Waals surface area contributed by atoms with Crippen molar-refractivity contribution >= 4 is 11.4 Å². The van der Waals surface area contributed by atoms with E-state index in [2.05, 4.69) is 12.1 Å². The van der Waals surface area contributed by atoms with Gasteiger partial charge in [-0.25, -0.2) is 0 Å². The third-order valence-corrected chi connectivity index (χ3v) is 3.79. The van der Waals surface area contributed by atoms with Crippen molar-refractivity contribution in [3.63, 3.8) is 0 Å². The maximum atomic E-state index is 10.7. The van der Waals surface area contributed by atoms with Crippen molar-refractivity contribution in [2.24, 2.45) is 0 Å². The number of nitrogens with one attached hydrogen (secondary N) is 1. The van der Waals surface area contributed by atoms with Crippen LogP contribution in [-0.4, -0.2) is 10.6 Å². The molecular formula is C16H14N2O2. The van der Waals surface area contributed by atoms with E-state index in [0.717, 1.165) is 5.56 Å². The first-order valence-electron chi connectivity index (χ1n) is 6.53. The first kappa shape index (κ1) is 12.5. The van der Waals surface area contributed by atoms with E-state index in [1.807, 2.05) is 12.1 Å². The molecule has 1 aliphatic carbocycles. The fourth-order valence-electron chi connectivity index (χ4n) is 2.82. The molecule has 0 aliphatic heterocycles. The minimum absolute atomic E-state index is 0.105. The number of rotatable bonds is 2.